The maximum absolute atomic E-state index is 4.39. The highest BCUT2D eigenvalue weighted by atomic mass is 31.0. The third-order valence-electron chi connectivity index (χ3n) is 22.0. The lowest BCUT2D eigenvalue weighted by molar-refractivity contribution is 1.03. The average molecular weight is 1560 g/mol. The molecule has 0 atom stereocenters. The largest absolute Gasteiger partial charge is 0.344 e. The lowest BCUT2D eigenvalue weighted by atomic mass is 10.0. The molecule has 1 aliphatic carbocycles. The zero-order valence-corrected chi connectivity index (χ0v) is 66.7. The van der Waals surface area contributed by atoms with Crippen LogP contribution in [0.5, 0.6) is 0 Å². The number of hydrogen-bond acceptors (Lipinski definition) is 7. The summed E-state index contributed by atoms with van der Waals surface area (Å²) in [7, 11) is 6.97. The number of para-hydroxylation sites is 5. The van der Waals surface area contributed by atoms with Crippen LogP contribution in [0.1, 0.15) is 20.3 Å². The Kier molecular flexibility index (Phi) is 23.5. The number of benzene rings is 19. The Balaban J connectivity index is 0.000000178. The molecule has 0 spiro atoms. The van der Waals surface area contributed by atoms with Crippen molar-refractivity contribution in [3.05, 3.63) is 478 Å². The highest BCUT2D eigenvalue weighted by Gasteiger charge is 2.23. The van der Waals surface area contributed by atoms with Crippen molar-refractivity contribution in [1.82, 2.24) is 0 Å². The van der Waals surface area contributed by atoms with Gasteiger partial charge in [0.25, 0.3) is 7.98 Å². The van der Waals surface area contributed by atoms with Gasteiger partial charge in [-0.15, -0.1) is 0 Å². The predicted molar refractivity (Wildman–Crippen MR) is 516 cm³/mol. The fraction of sp³-hybridized carbons (Fsp3) is 0.0270. The van der Waals surface area contributed by atoms with Crippen LogP contribution in [0.3, 0.4) is 0 Å². The Morgan fingerprint density at radius 2 is 0.467 bits per heavy atom. The first-order chi connectivity index (χ1) is 58.9. The smallest absolute Gasteiger partial charge is 0.265 e. The second-order valence-corrected chi connectivity index (χ2v) is 29.6. The Hall–Kier alpha value is -15.1. The fourth-order valence-electron chi connectivity index (χ4n) is 16.4. The maximum Gasteiger partial charge on any atom is 0.265 e. The van der Waals surface area contributed by atoms with Gasteiger partial charge in [0.05, 0.1) is 5.69 Å². The summed E-state index contributed by atoms with van der Waals surface area (Å²) < 4.78 is 2.81. The van der Waals surface area contributed by atoms with Gasteiger partial charge in [-0.1, -0.05) is 280 Å². The summed E-state index contributed by atoms with van der Waals surface area (Å²) in [4.78, 5) is 14.1. The van der Waals surface area contributed by atoms with Crippen LogP contribution in [0, 0.1) is 0 Å². The van der Waals surface area contributed by atoms with Crippen LogP contribution in [-0.2, 0) is 0 Å². The average Bonchev–Trinajstić information content (AvgIpc) is 0.763. The van der Waals surface area contributed by atoms with E-state index in [2.05, 4.69) is 524 Å². The second-order valence-electron chi connectivity index (χ2n) is 29.3. The van der Waals surface area contributed by atoms with E-state index >= 15 is 0 Å². The van der Waals surface area contributed by atoms with Crippen molar-refractivity contribution in [2.24, 2.45) is 4.66 Å². The quantitative estimate of drug-likeness (QED) is 0.0593. The van der Waals surface area contributed by atoms with Gasteiger partial charge >= 0.3 is 0 Å². The van der Waals surface area contributed by atoms with Crippen molar-refractivity contribution in [2.75, 3.05) is 29.4 Å². The second kappa shape index (κ2) is 36.4. The van der Waals surface area contributed by atoms with Gasteiger partial charge in [-0.05, 0) is 276 Å². The Morgan fingerprint density at radius 1 is 0.217 bits per heavy atom. The standard InChI is InChI=1S/C66H48N4.C44H34N2.CH4.BHNP/c1-4-22-55(23-5-1)68(64-31-28-49-16-10-13-19-52(49)46-64)61-40-34-58(35-41-61)67(59-36-42-62(43-37-59)69(56-24-6-2-7-25-56)65-32-29-50-17-11-14-20-53(50)47-65)60-38-44-63(45-39-60)70(57-26-8-3-9-27-57)66-33-30-51-18-12-15-21-54(51)48-66;1-3-17-37(18-4-1)45(43-23-11-15-35-13-7-9-21-41(35)43)39-29-25-33(26-30-39)34-27-31-40(32-28-34)46(38-19-5-2-6-20-38)44-24-12-16-36-14-8-10-22-42(36)44;;1-2-3/h1-48H;1-11,13-23,25-32H,12,24H2;1H4;3H. The molecule has 0 heterocycles. The third kappa shape index (κ3) is 16.7. The minimum atomic E-state index is 0. The molecule has 0 bridgehead atoms. The number of nitrogens with zero attached hydrogens (tertiary/aromatic N) is 7. The molecule has 0 unspecified atom stereocenters. The highest BCUT2D eigenvalue weighted by molar-refractivity contribution is 7.05. The van der Waals surface area contributed by atoms with Crippen LogP contribution in [0.4, 0.5) is 96.7 Å². The van der Waals surface area contributed by atoms with Crippen LogP contribution in [0.25, 0.3) is 66.0 Å². The molecule has 19 aromatic rings. The van der Waals surface area contributed by atoms with Gasteiger partial charge in [-0.2, -0.15) is 0 Å². The molecule has 0 aromatic heterocycles. The molecule has 19 aromatic carbocycles. The molecule has 0 N–H and O–H groups in total. The van der Waals surface area contributed by atoms with E-state index in [0.717, 1.165) is 92.5 Å². The van der Waals surface area contributed by atoms with Gasteiger partial charge in [0.2, 0.25) is 0 Å². The van der Waals surface area contributed by atoms with Crippen molar-refractivity contribution >= 4 is 169 Å². The van der Waals surface area contributed by atoms with E-state index in [4.69, 9.17) is 0 Å². The minimum absolute atomic E-state index is 0. The summed E-state index contributed by atoms with van der Waals surface area (Å²) >= 11 is 0. The van der Waals surface area contributed by atoms with E-state index in [1.165, 1.54) is 87.4 Å². The zero-order chi connectivity index (χ0) is 80.1. The number of rotatable bonds is 19. The molecule has 0 aliphatic heterocycles. The van der Waals surface area contributed by atoms with Crippen molar-refractivity contribution in [1.29, 1.82) is 0 Å². The highest BCUT2D eigenvalue weighted by Crippen LogP contribution is 2.46. The van der Waals surface area contributed by atoms with Gasteiger partial charge in [0.15, 0.2) is 0 Å². The molecule has 0 saturated carbocycles. The van der Waals surface area contributed by atoms with E-state index in [1.807, 2.05) is 0 Å². The molecular weight excluding hydrogens is 1470 g/mol. The van der Waals surface area contributed by atoms with E-state index < -0.39 is 0 Å². The molecule has 9 heteroatoms. The van der Waals surface area contributed by atoms with Crippen molar-refractivity contribution in [3.63, 3.8) is 0 Å². The van der Waals surface area contributed by atoms with E-state index in [1.54, 1.807) is 0 Å². The van der Waals surface area contributed by atoms with Gasteiger partial charge in [-0.25, -0.2) is 0 Å². The Labute approximate surface area is 706 Å². The molecular formula is C111H87BN7P. The summed E-state index contributed by atoms with van der Waals surface area (Å²) in [5.74, 6) is 0. The first kappa shape index (κ1) is 77.5. The van der Waals surface area contributed by atoms with E-state index in [9.17, 15) is 0 Å². The summed E-state index contributed by atoms with van der Waals surface area (Å²) in [5, 5.41) is 12.3. The first-order valence-electron chi connectivity index (χ1n) is 40.3. The van der Waals surface area contributed by atoms with Gasteiger partial charge in [-0.3, -0.25) is 0 Å². The molecule has 0 saturated heterocycles. The molecule has 1 aliphatic rings. The lowest BCUT2D eigenvalue weighted by Crippen LogP contribution is -2.34. The normalized spacial score (nSPS) is 11.3. The fourth-order valence-corrected chi connectivity index (χ4v) is 16.4. The zero-order valence-electron chi connectivity index (χ0n) is 65.7. The number of hydrogen-bond donors (Lipinski definition) is 0. The summed E-state index contributed by atoms with van der Waals surface area (Å²) in [5.41, 5.74) is 22.4. The number of anilines is 17. The van der Waals surface area contributed by atoms with Crippen molar-refractivity contribution in [2.45, 2.75) is 20.3 Å². The molecule has 120 heavy (non-hydrogen) atoms. The molecule has 20 rings (SSSR count). The summed E-state index contributed by atoms with van der Waals surface area (Å²) in [6.45, 7) is 0. The summed E-state index contributed by atoms with van der Waals surface area (Å²) in [6, 6.07) is 168. The molecule has 0 fully saturated rings. The van der Waals surface area contributed by atoms with Crippen LogP contribution in [0.15, 0.2) is 472 Å². The van der Waals surface area contributed by atoms with Gasteiger partial charge < -0.3 is 34.1 Å². The molecule has 7 nitrogen and oxygen atoms in total. The Bertz CT molecular complexity index is 6430. The molecule has 574 valence electrons. The Morgan fingerprint density at radius 3 is 0.842 bits per heavy atom. The lowest BCUT2D eigenvalue weighted by Gasteiger charge is -2.30. The van der Waals surface area contributed by atoms with E-state index in [0.29, 0.717) is 0 Å². The first-order valence-corrected chi connectivity index (χ1v) is 40.8. The SMILES string of the molecule is C.C1=c2ccccc2=C(N(c2ccccc2)c2ccc(-c3ccc(N(c4ccccc4)c4cccc5ccccc45)cc3)cc2)CC1.[B]N=P.c1ccc(N(c2ccc(N(c3ccc(N(c4ccccc4)c4ccc5ccccc5c4)cc3)c3ccc(N(c4ccccc4)c4ccc5ccccc5c4)cc3)cc2)c2ccc3ccccc3c2)cc1. The predicted octanol–water partition coefficient (Wildman–Crippen LogP) is 30.6. The van der Waals surface area contributed by atoms with Crippen LogP contribution >= 0.6 is 9.03 Å². The van der Waals surface area contributed by atoms with Crippen LogP contribution in [-0.4, -0.2) is 7.98 Å². The monoisotopic (exact) mass is 1560 g/mol. The summed E-state index contributed by atoms with van der Waals surface area (Å²) in [6.07, 6.45) is 4.40. The molecule has 2 radical (unpaired) electrons. The van der Waals surface area contributed by atoms with Gasteiger partial charge in [0.1, 0.15) is 0 Å². The van der Waals surface area contributed by atoms with Gasteiger partial charge in [0, 0.05) is 107 Å². The van der Waals surface area contributed by atoms with Crippen LogP contribution in [0.2, 0.25) is 0 Å². The maximum atomic E-state index is 4.39. The van der Waals surface area contributed by atoms with Crippen molar-refractivity contribution < 1.29 is 0 Å². The van der Waals surface area contributed by atoms with Crippen LogP contribution < -0.4 is 39.8 Å². The van der Waals surface area contributed by atoms with E-state index in [-0.39, 0.29) is 7.43 Å². The topological polar surface area (TPSA) is 31.8 Å². The minimum Gasteiger partial charge on any atom is -0.344 e. The number of fused-ring (bicyclic) bond motifs is 5. The third-order valence-corrected chi connectivity index (χ3v) is 22.0. The van der Waals surface area contributed by atoms with Crippen molar-refractivity contribution in [3.8, 4) is 11.1 Å². The molecule has 0 amide bonds.